The number of amides is 1. The van der Waals surface area contributed by atoms with Gasteiger partial charge in [0.25, 0.3) is 0 Å². The minimum atomic E-state index is -0.873. The Morgan fingerprint density at radius 1 is 1.62 bits per heavy atom. The number of hydrogen-bond acceptors (Lipinski definition) is 2. The van der Waals surface area contributed by atoms with Gasteiger partial charge in [-0.15, -0.1) is 0 Å². The third-order valence-electron chi connectivity index (χ3n) is 1.39. The fourth-order valence-electron chi connectivity index (χ4n) is 0.727. The van der Waals surface area contributed by atoms with Crippen molar-refractivity contribution in [1.82, 2.24) is 4.98 Å². The monoisotopic (exact) mass is 186 g/mol. The molecule has 0 saturated carbocycles. The van der Waals surface area contributed by atoms with E-state index >= 15 is 0 Å². The summed E-state index contributed by atoms with van der Waals surface area (Å²) in [5.74, 6) is -2.25. The standard InChI is InChI=1S/C8H8F2N2O/c1-2-7(13)12-8-6(10)3-5(9)4-11-8/h3-4H,2H2,1H3,(H,11,12,13). The topological polar surface area (TPSA) is 42.0 Å². The molecule has 0 aliphatic heterocycles. The summed E-state index contributed by atoms with van der Waals surface area (Å²) in [5.41, 5.74) is 0. The van der Waals surface area contributed by atoms with Crippen molar-refractivity contribution in [1.29, 1.82) is 0 Å². The van der Waals surface area contributed by atoms with Gasteiger partial charge in [-0.1, -0.05) is 6.92 Å². The van der Waals surface area contributed by atoms with Gasteiger partial charge in [-0.05, 0) is 0 Å². The van der Waals surface area contributed by atoms with Gasteiger partial charge >= 0.3 is 0 Å². The maximum atomic E-state index is 12.8. The Labute approximate surface area is 73.8 Å². The first kappa shape index (κ1) is 9.57. The first-order chi connectivity index (χ1) is 6.13. The maximum absolute atomic E-state index is 12.8. The molecule has 1 aromatic rings. The van der Waals surface area contributed by atoms with Crippen LogP contribution in [0.2, 0.25) is 0 Å². The molecule has 5 heteroatoms. The van der Waals surface area contributed by atoms with Crippen LogP contribution in [0.5, 0.6) is 0 Å². The van der Waals surface area contributed by atoms with Crippen LogP contribution in [0.15, 0.2) is 12.3 Å². The second kappa shape index (κ2) is 3.93. The second-order valence-electron chi connectivity index (χ2n) is 2.39. The lowest BCUT2D eigenvalue weighted by atomic mass is 10.4. The molecular weight excluding hydrogens is 178 g/mol. The summed E-state index contributed by atoms with van der Waals surface area (Å²) in [6.07, 6.45) is 1.06. The largest absolute Gasteiger partial charge is 0.308 e. The summed E-state index contributed by atoms with van der Waals surface area (Å²) in [4.78, 5) is 14.2. The molecule has 0 saturated heterocycles. The number of nitrogens with zero attached hydrogens (tertiary/aromatic N) is 1. The molecule has 70 valence electrons. The Kier molecular flexibility index (Phi) is 2.89. The molecular formula is C8H8F2N2O. The first-order valence-electron chi connectivity index (χ1n) is 3.74. The number of rotatable bonds is 2. The predicted octanol–water partition coefficient (Wildman–Crippen LogP) is 1.71. The Bertz CT molecular complexity index is 328. The minimum absolute atomic E-state index is 0.221. The molecule has 0 radical (unpaired) electrons. The molecule has 0 aliphatic carbocycles. The normalized spacial score (nSPS) is 9.77. The zero-order chi connectivity index (χ0) is 9.84. The van der Waals surface area contributed by atoms with Crippen LogP contribution < -0.4 is 5.32 Å². The van der Waals surface area contributed by atoms with Gasteiger partial charge in [0, 0.05) is 12.5 Å². The van der Waals surface area contributed by atoms with E-state index in [1.165, 1.54) is 0 Å². The van der Waals surface area contributed by atoms with Crippen LogP contribution in [0, 0.1) is 11.6 Å². The number of carbonyl (C=O) groups excluding carboxylic acids is 1. The summed E-state index contributed by atoms with van der Waals surface area (Å²) in [6.45, 7) is 1.62. The highest BCUT2D eigenvalue weighted by molar-refractivity contribution is 5.89. The molecule has 0 spiro atoms. The average Bonchev–Trinajstić information content (AvgIpc) is 2.09. The Hall–Kier alpha value is -1.52. The molecule has 0 atom stereocenters. The van der Waals surface area contributed by atoms with E-state index in [0.717, 1.165) is 6.20 Å². The molecule has 1 heterocycles. The maximum Gasteiger partial charge on any atom is 0.225 e. The first-order valence-corrected chi connectivity index (χ1v) is 3.74. The number of carbonyl (C=O) groups is 1. The Morgan fingerprint density at radius 2 is 2.31 bits per heavy atom. The van der Waals surface area contributed by atoms with Crippen molar-refractivity contribution < 1.29 is 13.6 Å². The van der Waals surface area contributed by atoms with Gasteiger partial charge in [0.2, 0.25) is 5.91 Å². The van der Waals surface area contributed by atoms with Crippen LogP contribution >= 0.6 is 0 Å². The van der Waals surface area contributed by atoms with Gasteiger partial charge < -0.3 is 5.32 Å². The number of halogens is 2. The molecule has 0 fully saturated rings. The SMILES string of the molecule is CCC(=O)Nc1ncc(F)cc1F. The Balaban J connectivity index is 2.83. The van der Waals surface area contributed by atoms with Crippen molar-refractivity contribution >= 4 is 11.7 Å². The van der Waals surface area contributed by atoms with E-state index in [4.69, 9.17) is 0 Å². The quantitative estimate of drug-likeness (QED) is 0.763. The average molecular weight is 186 g/mol. The molecule has 0 bridgehead atoms. The van der Waals surface area contributed by atoms with E-state index in [2.05, 4.69) is 10.3 Å². The van der Waals surface area contributed by atoms with Crippen molar-refractivity contribution in [3.05, 3.63) is 23.9 Å². The number of nitrogens with one attached hydrogen (secondary N) is 1. The van der Waals surface area contributed by atoms with Gasteiger partial charge in [-0.3, -0.25) is 4.79 Å². The molecule has 13 heavy (non-hydrogen) atoms. The smallest absolute Gasteiger partial charge is 0.225 e. The summed E-state index contributed by atoms with van der Waals surface area (Å²) >= 11 is 0. The third kappa shape index (κ3) is 2.47. The van der Waals surface area contributed by atoms with E-state index in [1.54, 1.807) is 6.92 Å². The van der Waals surface area contributed by atoms with Crippen LogP contribution in [0.4, 0.5) is 14.6 Å². The summed E-state index contributed by atoms with van der Waals surface area (Å²) in [6, 6.07) is 0.665. The van der Waals surface area contributed by atoms with Gasteiger partial charge in [0.1, 0.15) is 5.82 Å². The van der Waals surface area contributed by atoms with Gasteiger partial charge in [0.05, 0.1) is 6.20 Å². The van der Waals surface area contributed by atoms with E-state index in [-0.39, 0.29) is 18.1 Å². The highest BCUT2D eigenvalue weighted by atomic mass is 19.1. The minimum Gasteiger partial charge on any atom is -0.308 e. The van der Waals surface area contributed by atoms with Crippen LogP contribution in [-0.4, -0.2) is 10.9 Å². The molecule has 1 amide bonds. The predicted molar refractivity (Wildman–Crippen MR) is 43.1 cm³/mol. The lowest BCUT2D eigenvalue weighted by Gasteiger charge is -2.02. The van der Waals surface area contributed by atoms with Gasteiger partial charge in [0.15, 0.2) is 11.6 Å². The van der Waals surface area contributed by atoms with E-state index in [0.29, 0.717) is 6.07 Å². The summed E-state index contributed by atoms with van der Waals surface area (Å²) in [7, 11) is 0. The summed E-state index contributed by atoms with van der Waals surface area (Å²) < 4.78 is 25.2. The van der Waals surface area contributed by atoms with Crippen LogP contribution in [0.25, 0.3) is 0 Å². The van der Waals surface area contributed by atoms with Crippen molar-refractivity contribution in [2.24, 2.45) is 0 Å². The number of pyridine rings is 1. The lowest BCUT2D eigenvalue weighted by molar-refractivity contribution is -0.115. The summed E-state index contributed by atoms with van der Waals surface area (Å²) in [5, 5.41) is 2.20. The van der Waals surface area contributed by atoms with Crippen molar-refractivity contribution in [3.63, 3.8) is 0 Å². The molecule has 0 aromatic carbocycles. The van der Waals surface area contributed by atoms with Gasteiger partial charge in [-0.25, -0.2) is 13.8 Å². The molecule has 1 aromatic heterocycles. The van der Waals surface area contributed by atoms with Crippen molar-refractivity contribution in [2.75, 3.05) is 5.32 Å². The van der Waals surface area contributed by atoms with Crippen LogP contribution in [0.3, 0.4) is 0 Å². The van der Waals surface area contributed by atoms with E-state index in [1.807, 2.05) is 0 Å². The van der Waals surface area contributed by atoms with Crippen molar-refractivity contribution in [2.45, 2.75) is 13.3 Å². The zero-order valence-corrected chi connectivity index (χ0v) is 6.97. The third-order valence-corrected chi connectivity index (χ3v) is 1.39. The van der Waals surface area contributed by atoms with E-state index in [9.17, 15) is 13.6 Å². The van der Waals surface area contributed by atoms with Crippen LogP contribution in [-0.2, 0) is 4.79 Å². The van der Waals surface area contributed by atoms with Crippen LogP contribution in [0.1, 0.15) is 13.3 Å². The number of anilines is 1. The zero-order valence-electron chi connectivity index (χ0n) is 6.97. The highest BCUT2D eigenvalue weighted by Gasteiger charge is 2.07. The van der Waals surface area contributed by atoms with Crippen molar-refractivity contribution in [3.8, 4) is 0 Å². The number of hydrogen-bond donors (Lipinski definition) is 1. The fourth-order valence-corrected chi connectivity index (χ4v) is 0.727. The highest BCUT2D eigenvalue weighted by Crippen LogP contribution is 2.10. The molecule has 1 rings (SSSR count). The fraction of sp³-hybridized carbons (Fsp3) is 0.250. The molecule has 3 nitrogen and oxygen atoms in total. The molecule has 1 N–H and O–H groups in total. The van der Waals surface area contributed by atoms with E-state index < -0.39 is 11.6 Å². The van der Waals surface area contributed by atoms with Gasteiger partial charge in [-0.2, -0.15) is 0 Å². The second-order valence-corrected chi connectivity index (χ2v) is 2.39. The molecule has 0 aliphatic rings. The lowest BCUT2D eigenvalue weighted by Crippen LogP contribution is -2.12. The number of aromatic nitrogens is 1. The molecule has 0 unspecified atom stereocenters. The Morgan fingerprint density at radius 3 is 2.85 bits per heavy atom.